The fourth-order valence-corrected chi connectivity index (χ4v) is 3.88. The SMILES string of the molecule is Cc1cccc(C)c1-c1nc(Nc2ccccc2C(F)(F)F)c2nc(N)sc2n1. The van der Waals surface area contributed by atoms with Crippen LogP contribution in [0.3, 0.4) is 0 Å². The van der Waals surface area contributed by atoms with Crippen molar-refractivity contribution in [1.82, 2.24) is 15.0 Å². The first-order valence-corrected chi connectivity index (χ1v) is 9.49. The Bertz CT molecular complexity index is 1200. The van der Waals surface area contributed by atoms with Crippen LogP contribution in [0.4, 0.5) is 29.8 Å². The molecule has 9 heteroatoms. The zero-order valence-corrected chi connectivity index (χ0v) is 16.3. The van der Waals surface area contributed by atoms with Gasteiger partial charge in [-0.25, -0.2) is 15.0 Å². The van der Waals surface area contributed by atoms with E-state index in [4.69, 9.17) is 5.73 Å². The maximum absolute atomic E-state index is 13.4. The van der Waals surface area contributed by atoms with E-state index in [2.05, 4.69) is 20.3 Å². The van der Waals surface area contributed by atoms with Gasteiger partial charge in [0.05, 0.1) is 11.3 Å². The maximum Gasteiger partial charge on any atom is 0.418 e. The van der Waals surface area contributed by atoms with E-state index in [0.717, 1.165) is 34.1 Å². The molecule has 5 nitrogen and oxygen atoms in total. The summed E-state index contributed by atoms with van der Waals surface area (Å²) in [5, 5.41) is 3.07. The quantitative estimate of drug-likeness (QED) is 0.448. The molecule has 0 unspecified atom stereocenters. The van der Waals surface area contributed by atoms with E-state index >= 15 is 0 Å². The molecule has 0 saturated carbocycles. The van der Waals surface area contributed by atoms with Gasteiger partial charge in [-0.15, -0.1) is 0 Å². The molecule has 0 bridgehead atoms. The molecule has 0 aliphatic heterocycles. The molecule has 0 fully saturated rings. The number of rotatable bonds is 3. The van der Waals surface area contributed by atoms with Gasteiger partial charge in [0.1, 0.15) is 5.52 Å². The lowest BCUT2D eigenvalue weighted by Crippen LogP contribution is -2.09. The van der Waals surface area contributed by atoms with Crippen LogP contribution in [0.2, 0.25) is 0 Å². The molecule has 3 N–H and O–H groups in total. The predicted molar refractivity (Wildman–Crippen MR) is 109 cm³/mol. The molecule has 0 radical (unpaired) electrons. The van der Waals surface area contributed by atoms with Crippen LogP contribution in [0.1, 0.15) is 16.7 Å². The number of hydrogen-bond acceptors (Lipinski definition) is 6. The van der Waals surface area contributed by atoms with Crippen molar-refractivity contribution < 1.29 is 13.2 Å². The largest absolute Gasteiger partial charge is 0.418 e. The van der Waals surface area contributed by atoms with E-state index in [1.165, 1.54) is 18.2 Å². The third kappa shape index (κ3) is 3.61. The summed E-state index contributed by atoms with van der Waals surface area (Å²) >= 11 is 1.16. The number of hydrogen-bond donors (Lipinski definition) is 2. The van der Waals surface area contributed by atoms with Gasteiger partial charge in [0.2, 0.25) is 0 Å². The van der Waals surface area contributed by atoms with Crippen LogP contribution < -0.4 is 11.1 Å². The second-order valence-electron chi connectivity index (χ2n) is 6.54. The van der Waals surface area contributed by atoms with Crippen LogP contribution >= 0.6 is 11.3 Å². The summed E-state index contributed by atoms with van der Waals surface area (Å²) in [5.74, 6) is 0.584. The van der Waals surface area contributed by atoms with Crippen LogP contribution in [0, 0.1) is 13.8 Å². The van der Waals surface area contributed by atoms with E-state index in [9.17, 15) is 13.2 Å². The first kappa shape index (κ1) is 19.1. The van der Waals surface area contributed by atoms with Crippen molar-refractivity contribution in [2.75, 3.05) is 11.1 Å². The number of nitrogens with one attached hydrogen (secondary N) is 1. The lowest BCUT2D eigenvalue weighted by atomic mass is 10.0. The summed E-state index contributed by atoms with van der Waals surface area (Å²) < 4.78 is 40.2. The highest BCUT2D eigenvalue weighted by molar-refractivity contribution is 7.21. The fraction of sp³-hybridized carbons (Fsp3) is 0.150. The Balaban J connectivity index is 1.92. The summed E-state index contributed by atoms with van der Waals surface area (Å²) in [5.41, 5.74) is 8.02. The molecule has 148 valence electrons. The van der Waals surface area contributed by atoms with Crippen molar-refractivity contribution in [1.29, 1.82) is 0 Å². The summed E-state index contributed by atoms with van der Waals surface area (Å²) in [6.07, 6.45) is -4.51. The number of fused-ring (bicyclic) bond motifs is 1. The zero-order valence-electron chi connectivity index (χ0n) is 15.5. The molecule has 2 aromatic carbocycles. The van der Waals surface area contributed by atoms with E-state index in [0.29, 0.717) is 16.2 Å². The zero-order chi connectivity index (χ0) is 20.8. The highest BCUT2D eigenvalue weighted by Gasteiger charge is 2.33. The summed E-state index contributed by atoms with van der Waals surface area (Å²) in [4.78, 5) is 13.8. The molecule has 29 heavy (non-hydrogen) atoms. The van der Waals surface area contributed by atoms with Crippen LogP contribution in [-0.2, 0) is 6.18 Å². The Kier molecular flexibility index (Phi) is 4.62. The molecule has 0 spiro atoms. The normalized spacial score (nSPS) is 11.8. The van der Waals surface area contributed by atoms with E-state index < -0.39 is 11.7 Å². The van der Waals surface area contributed by atoms with Crippen molar-refractivity contribution in [2.45, 2.75) is 20.0 Å². The van der Waals surface area contributed by atoms with E-state index in [1.54, 1.807) is 0 Å². The van der Waals surface area contributed by atoms with Crippen LogP contribution in [-0.4, -0.2) is 15.0 Å². The Labute approximate surface area is 168 Å². The number of alkyl halides is 3. The number of anilines is 3. The monoisotopic (exact) mass is 415 g/mol. The van der Waals surface area contributed by atoms with Gasteiger partial charge in [-0.05, 0) is 37.1 Å². The molecular weight excluding hydrogens is 399 g/mol. The third-order valence-corrected chi connectivity index (χ3v) is 5.24. The Morgan fingerprint density at radius 3 is 2.31 bits per heavy atom. The lowest BCUT2D eigenvalue weighted by molar-refractivity contribution is -0.136. The van der Waals surface area contributed by atoms with E-state index in [-0.39, 0.29) is 16.6 Å². The van der Waals surface area contributed by atoms with Crippen molar-refractivity contribution in [3.8, 4) is 11.4 Å². The lowest BCUT2D eigenvalue weighted by Gasteiger charge is -2.15. The highest BCUT2D eigenvalue weighted by atomic mass is 32.1. The molecule has 2 heterocycles. The number of benzene rings is 2. The standard InChI is InChI=1S/C20H16F3N5S/c1-10-6-5-7-11(2)14(10)16-27-17(15-18(28-16)29-19(24)26-15)25-13-9-4-3-8-12(13)20(21,22)23/h3-9H,1-2H3,(H2,24,26)(H,25,27,28). The van der Waals surface area contributed by atoms with E-state index in [1.807, 2.05) is 32.0 Å². The first-order valence-electron chi connectivity index (χ1n) is 8.68. The van der Waals surface area contributed by atoms with Crippen molar-refractivity contribution >= 4 is 38.3 Å². The molecule has 0 atom stereocenters. The minimum absolute atomic E-state index is 0.112. The summed E-state index contributed by atoms with van der Waals surface area (Å²) in [7, 11) is 0. The van der Waals surface area contributed by atoms with Crippen LogP contribution in [0.15, 0.2) is 42.5 Å². The fourth-order valence-electron chi connectivity index (χ4n) is 3.17. The molecule has 4 aromatic rings. The van der Waals surface area contributed by atoms with Crippen molar-refractivity contribution in [3.63, 3.8) is 0 Å². The molecule has 2 aromatic heterocycles. The number of thiazole rings is 1. The Hall–Kier alpha value is -3.20. The number of nitrogens with zero attached hydrogens (tertiary/aromatic N) is 3. The van der Waals surface area contributed by atoms with Gasteiger partial charge in [0.15, 0.2) is 21.6 Å². The summed E-state index contributed by atoms with van der Waals surface area (Å²) in [6.45, 7) is 3.87. The average molecular weight is 415 g/mol. The molecule has 0 aliphatic carbocycles. The number of aryl methyl sites for hydroxylation is 2. The molecule has 0 aliphatic rings. The van der Waals surface area contributed by atoms with Crippen LogP contribution in [0.5, 0.6) is 0 Å². The van der Waals surface area contributed by atoms with Gasteiger partial charge >= 0.3 is 6.18 Å². The average Bonchev–Trinajstić information content (AvgIpc) is 3.02. The predicted octanol–water partition coefficient (Wildman–Crippen LogP) is 5.71. The number of nitrogens with two attached hydrogens (primary N) is 1. The van der Waals surface area contributed by atoms with Gasteiger partial charge in [-0.3, -0.25) is 0 Å². The van der Waals surface area contributed by atoms with Gasteiger partial charge in [-0.2, -0.15) is 13.2 Å². The molecule has 0 amide bonds. The van der Waals surface area contributed by atoms with Gasteiger partial charge < -0.3 is 11.1 Å². The minimum atomic E-state index is -4.51. The van der Waals surface area contributed by atoms with Crippen LogP contribution in [0.25, 0.3) is 21.7 Å². The Morgan fingerprint density at radius 1 is 0.931 bits per heavy atom. The highest BCUT2D eigenvalue weighted by Crippen LogP contribution is 2.38. The Morgan fingerprint density at radius 2 is 1.62 bits per heavy atom. The molecule has 4 rings (SSSR count). The van der Waals surface area contributed by atoms with Crippen molar-refractivity contribution in [3.05, 3.63) is 59.2 Å². The number of nitrogen functional groups attached to an aromatic ring is 1. The smallest absolute Gasteiger partial charge is 0.375 e. The van der Waals surface area contributed by atoms with Gasteiger partial charge in [-0.1, -0.05) is 41.7 Å². The summed E-state index contributed by atoms with van der Waals surface area (Å²) in [6, 6.07) is 11.0. The second kappa shape index (κ2) is 7.00. The minimum Gasteiger partial charge on any atom is -0.375 e. The maximum atomic E-state index is 13.4. The van der Waals surface area contributed by atoms with Gasteiger partial charge in [0, 0.05) is 5.56 Å². The first-order chi connectivity index (χ1) is 13.7. The number of aromatic nitrogens is 3. The molecule has 0 saturated heterocycles. The van der Waals surface area contributed by atoms with Crippen molar-refractivity contribution in [2.24, 2.45) is 0 Å². The third-order valence-electron chi connectivity index (χ3n) is 4.47. The number of halogens is 3. The topological polar surface area (TPSA) is 76.7 Å². The number of para-hydroxylation sites is 1. The molecular formula is C20H16F3N5S. The second-order valence-corrected chi connectivity index (χ2v) is 7.55. The van der Waals surface area contributed by atoms with Gasteiger partial charge in [0.25, 0.3) is 0 Å².